The molecule has 10 heteroatoms. The first-order chi connectivity index (χ1) is 12.7. The van der Waals surface area contributed by atoms with E-state index >= 15 is 0 Å². The minimum atomic E-state index is -4.68. The summed E-state index contributed by atoms with van der Waals surface area (Å²) in [4.78, 5) is 24.6. The molecule has 2 aliphatic heterocycles. The summed E-state index contributed by atoms with van der Waals surface area (Å²) in [6.07, 6.45) is -4.25. The number of likely N-dealkylation sites (tertiary alicyclic amines) is 1. The molecule has 1 aromatic rings. The van der Waals surface area contributed by atoms with Crippen molar-refractivity contribution in [2.75, 3.05) is 26.8 Å². The monoisotopic (exact) mass is 388 g/mol. The number of urea groups is 1. The number of benzene rings is 1. The van der Waals surface area contributed by atoms with Crippen LogP contribution in [0.1, 0.15) is 18.0 Å². The highest BCUT2D eigenvalue weighted by molar-refractivity contribution is 5.78. The fourth-order valence-electron chi connectivity index (χ4n) is 3.44. The molecule has 0 bridgehead atoms. The molecule has 3 atom stereocenters. The van der Waals surface area contributed by atoms with Gasteiger partial charge in [0.1, 0.15) is 11.5 Å². The van der Waals surface area contributed by atoms with Crippen molar-refractivity contribution in [3.8, 4) is 11.5 Å². The largest absolute Gasteiger partial charge is 0.497 e. The fourth-order valence-corrected chi connectivity index (χ4v) is 3.44. The molecule has 1 fully saturated rings. The summed E-state index contributed by atoms with van der Waals surface area (Å²) in [6.45, 7) is -0.826. The highest BCUT2D eigenvalue weighted by Gasteiger charge is 2.53. The van der Waals surface area contributed by atoms with E-state index in [0.29, 0.717) is 30.1 Å². The summed E-state index contributed by atoms with van der Waals surface area (Å²) < 4.78 is 50.0. The number of hydrogen-bond acceptors (Lipinski definition) is 4. The van der Waals surface area contributed by atoms with Crippen molar-refractivity contribution in [2.45, 2.75) is 18.6 Å². The van der Waals surface area contributed by atoms with Crippen LogP contribution in [0.25, 0.3) is 0 Å². The van der Waals surface area contributed by atoms with Crippen LogP contribution in [0.3, 0.4) is 0 Å². The number of carbonyl (C=O) groups is 2. The first-order valence-corrected chi connectivity index (χ1v) is 8.36. The molecule has 2 heterocycles. The van der Waals surface area contributed by atoms with E-state index < -0.39 is 49.1 Å². The van der Waals surface area contributed by atoms with E-state index in [2.05, 4.69) is 5.32 Å². The van der Waals surface area contributed by atoms with Crippen LogP contribution in [0.15, 0.2) is 18.2 Å². The van der Waals surface area contributed by atoms with Gasteiger partial charge in [-0.1, -0.05) is 0 Å². The third-order valence-electron chi connectivity index (χ3n) is 4.90. The number of carbonyl (C=O) groups excluding carboxylic acids is 1. The van der Waals surface area contributed by atoms with E-state index in [0.717, 1.165) is 4.90 Å². The topological polar surface area (TPSA) is 88.1 Å². The zero-order chi connectivity index (χ0) is 19.8. The molecule has 0 aliphatic carbocycles. The smallest absolute Gasteiger partial charge is 0.394 e. The summed E-state index contributed by atoms with van der Waals surface area (Å²) >= 11 is 0. The maximum Gasteiger partial charge on any atom is 0.394 e. The van der Waals surface area contributed by atoms with E-state index in [1.807, 2.05) is 0 Å². The number of alkyl halides is 3. The third kappa shape index (κ3) is 3.88. The molecule has 2 amide bonds. The first kappa shape index (κ1) is 19.1. The summed E-state index contributed by atoms with van der Waals surface area (Å²) in [5.74, 6) is -4.19. The second-order valence-electron chi connectivity index (χ2n) is 6.54. The van der Waals surface area contributed by atoms with Crippen molar-refractivity contribution in [3.63, 3.8) is 0 Å². The minimum Gasteiger partial charge on any atom is -0.497 e. The Morgan fingerprint density at radius 1 is 1.33 bits per heavy atom. The number of methoxy groups -OCH3 is 1. The molecule has 0 radical (unpaired) electrons. The number of nitrogens with one attached hydrogen (secondary N) is 1. The standard InChI is InChI=1S/C17H19F3N2O5/c1-26-9-2-3-14-10(6-9)13(4-5-27-14)21-16(25)22-7-11(15(23)24)12(8-22)17(18,19)20/h2-3,6,11-13H,4-5,7-8H2,1H3,(H,21,25)(H,23,24)/t11-,12-,13+/m1/s1. The van der Waals surface area contributed by atoms with Crippen LogP contribution < -0.4 is 14.8 Å². The normalized spacial score (nSPS) is 24.7. The van der Waals surface area contributed by atoms with Crippen LogP contribution in [-0.4, -0.2) is 55.0 Å². The van der Waals surface area contributed by atoms with Gasteiger partial charge in [0, 0.05) is 25.1 Å². The van der Waals surface area contributed by atoms with Gasteiger partial charge >= 0.3 is 18.2 Å². The molecule has 1 saturated heterocycles. The van der Waals surface area contributed by atoms with Gasteiger partial charge in [0.05, 0.1) is 31.6 Å². The Bertz CT molecular complexity index is 740. The number of fused-ring (bicyclic) bond motifs is 1. The highest BCUT2D eigenvalue weighted by Crippen LogP contribution is 2.39. The zero-order valence-electron chi connectivity index (χ0n) is 14.5. The minimum absolute atomic E-state index is 0.340. The van der Waals surface area contributed by atoms with Crippen molar-refractivity contribution < 1.29 is 37.3 Å². The number of aliphatic carboxylic acids is 1. The number of halogens is 3. The van der Waals surface area contributed by atoms with Crippen molar-refractivity contribution in [2.24, 2.45) is 11.8 Å². The SMILES string of the molecule is COc1ccc2c(c1)[C@@H](NC(=O)N1C[C@@H](C(F)(F)F)[C@H](C(=O)O)C1)CCO2. The van der Waals surface area contributed by atoms with Crippen molar-refractivity contribution in [1.29, 1.82) is 0 Å². The van der Waals surface area contributed by atoms with Crippen molar-refractivity contribution in [3.05, 3.63) is 23.8 Å². The average Bonchev–Trinajstić information content (AvgIpc) is 3.08. The van der Waals surface area contributed by atoms with Crippen molar-refractivity contribution in [1.82, 2.24) is 10.2 Å². The second-order valence-corrected chi connectivity index (χ2v) is 6.54. The van der Waals surface area contributed by atoms with Crippen molar-refractivity contribution >= 4 is 12.0 Å². The summed E-state index contributed by atoms with van der Waals surface area (Å²) in [6, 6.07) is 3.90. The van der Waals surface area contributed by atoms with Gasteiger partial charge in [-0.25, -0.2) is 4.79 Å². The molecular weight excluding hydrogens is 369 g/mol. The number of nitrogens with zero attached hydrogens (tertiary/aromatic N) is 1. The lowest BCUT2D eigenvalue weighted by molar-refractivity contribution is -0.187. The maximum absolute atomic E-state index is 13.1. The number of amides is 2. The molecule has 0 aromatic heterocycles. The van der Waals surface area contributed by atoms with Gasteiger partial charge < -0.3 is 24.8 Å². The number of carboxylic acid groups (broad SMARTS) is 1. The van der Waals surface area contributed by atoms with Gasteiger partial charge in [-0.3, -0.25) is 4.79 Å². The highest BCUT2D eigenvalue weighted by atomic mass is 19.4. The Hall–Kier alpha value is -2.65. The molecule has 148 valence electrons. The summed E-state index contributed by atoms with van der Waals surface area (Å²) in [5, 5.41) is 11.8. The van der Waals surface area contributed by atoms with E-state index in [4.69, 9.17) is 14.6 Å². The number of ether oxygens (including phenoxy) is 2. The summed E-state index contributed by atoms with van der Waals surface area (Å²) in [7, 11) is 1.49. The van der Waals surface area contributed by atoms with E-state index in [1.165, 1.54) is 7.11 Å². The van der Waals surface area contributed by atoms with Gasteiger partial charge in [0.15, 0.2) is 0 Å². The van der Waals surface area contributed by atoms with Gasteiger partial charge in [-0.05, 0) is 18.2 Å². The van der Waals surface area contributed by atoms with Crippen LogP contribution in [0, 0.1) is 11.8 Å². The predicted octanol–water partition coefficient (Wildman–Crippen LogP) is 2.42. The Morgan fingerprint density at radius 3 is 2.67 bits per heavy atom. The Kier molecular flexibility index (Phi) is 5.07. The lowest BCUT2D eigenvalue weighted by Gasteiger charge is -2.29. The number of hydrogen-bond donors (Lipinski definition) is 2. The number of carboxylic acids is 1. The van der Waals surface area contributed by atoms with Crippen LogP contribution in [0.4, 0.5) is 18.0 Å². The lowest BCUT2D eigenvalue weighted by Crippen LogP contribution is -2.42. The molecule has 7 nitrogen and oxygen atoms in total. The molecule has 3 rings (SSSR count). The molecule has 2 aliphatic rings. The first-order valence-electron chi connectivity index (χ1n) is 8.36. The quantitative estimate of drug-likeness (QED) is 0.830. The van der Waals surface area contributed by atoms with Crippen LogP contribution in [0.2, 0.25) is 0 Å². The van der Waals surface area contributed by atoms with Crippen LogP contribution in [-0.2, 0) is 4.79 Å². The lowest BCUT2D eigenvalue weighted by atomic mass is 9.96. The maximum atomic E-state index is 13.1. The predicted molar refractivity (Wildman–Crippen MR) is 86.6 cm³/mol. The Balaban J connectivity index is 1.74. The van der Waals surface area contributed by atoms with E-state index in [1.54, 1.807) is 18.2 Å². The average molecular weight is 388 g/mol. The van der Waals surface area contributed by atoms with Crippen LogP contribution >= 0.6 is 0 Å². The van der Waals surface area contributed by atoms with Gasteiger partial charge in [-0.2, -0.15) is 13.2 Å². The van der Waals surface area contributed by atoms with Gasteiger partial charge in [-0.15, -0.1) is 0 Å². The fraction of sp³-hybridized carbons (Fsp3) is 0.529. The van der Waals surface area contributed by atoms with E-state index in [9.17, 15) is 22.8 Å². The third-order valence-corrected chi connectivity index (χ3v) is 4.90. The molecule has 0 unspecified atom stereocenters. The summed E-state index contributed by atoms with van der Waals surface area (Å²) in [5.41, 5.74) is 0.662. The number of rotatable bonds is 3. The molecule has 1 aromatic carbocycles. The van der Waals surface area contributed by atoms with Crippen LogP contribution in [0.5, 0.6) is 11.5 Å². The molecule has 0 saturated carbocycles. The van der Waals surface area contributed by atoms with E-state index in [-0.39, 0.29) is 0 Å². The Labute approximate surface area is 153 Å². The molecule has 2 N–H and O–H groups in total. The van der Waals surface area contributed by atoms with Gasteiger partial charge in [0.2, 0.25) is 0 Å². The molecular formula is C17H19F3N2O5. The van der Waals surface area contributed by atoms with Gasteiger partial charge in [0.25, 0.3) is 0 Å². The Morgan fingerprint density at radius 2 is 2.07 bits per heavy atom. The zero-order valence-corrected chi connectivity index (χ0v) is 14.5. The second kappa shape index (κ2) is 7.16. The molecule has 27 heavy (non-hydrogen) atoms. The molecule has 0 spiro atoms.